The van der Waals surface area contributed by atoms with Crippen molar-refractivity contribution in [2.45, 2.75) is 96.2 Å². The minimum absolute atomic E-state index is 0.0721. The summed E-state index contributed by atoms with van der Waals surface area (Å²) in [4.78, 5) is 9.25. The molecule has 1 aromatic rings. The molecule has 4 rings (SSSR count). The van der Waals surface area contributed by atoms with E-state index in [2.05, 4.69) is 9.97 Å². The molecule has 3 fully saturated rings. The van der Waals surface area contributed by atoms with Crippen LogP contribution < -0.4 is 0 Å². The lowest BCUT2D eigenvalue weighted by Gasteiger charge is -2.35. The molecule has 0 spiro atoms. The van der Waals surface area contributed by atoms with Crippen molar-refractivity contribution >= 4 is 0 Å². The van der Waals surface area contributed by atoms with Crippen molar-refractivity contribution in [3.63, 3.8) is 0 Å². The Bertz CT molecular complexity index is 720. The highest BCUT2D eigenvalue weighted by atomic mass is 16.8. The van der Waals surface area contributed by atoms with Gasteiger partial charge < -0.3 is 28.4 Å². The Morgan fingerprint density at radius 2 is 1.62 bits per heavy atom. The van der Waals surface area contributed by atoms with Gasteiger partial charge in [-0.15, -0.1) is 0 Å². The van der Waals surface area contributed by atoms with Crippen LogP contribution in [0.2, 0.25) is 0 Å². The van der Waals surface area contributed by atoms with Crippen LogP contribution in [0.1, 0.15) is 65.5 Å². The Balaban J connectivity index is 1.45. The Morgan fingerprint density at radius 1 is 0.862 bits per heavy atom. The average molecular weight is 408 g/mol. The van der Waals surface area contributed by atoms with Gasteiger partial charge in [-0.3, -0.25) is 9.97 Å². The third-order valence-electron chi connectivity index (χ3n) is 5.32. The van der Waals surface area contributed by atoms with Gasteiger partial charge in [-0.2, -0.15) is 0 Å². The van der Waals surface area contributed by atoms with Gasteiger partial charge in [0, 0.05) is 12.6 Å². The zero-order valence-corrected chi connectivity index (χ0v) is 18.1. The molecule has 0 N–H and O–H groups in total. The summed E-state index contributed by atoms with van der Waals surface area (Å²) in [5.41, 5.74) is 1.61. The maximum atomic E-state index is 6.14. The van der Waals surface area contributed by atoms with Crippen molar-refractivity contribution < 1.29 is 28.4 Å². The molecule has 8 heteroatoms. The molecule has 0 radical (unpaired) electrons. The van der Waals surface area contributed by atoms with E-state index in [-0.39, 0.29) is 24.4 Å². The third kappa shape index (κ3) is 4.95. The number of hydrogen-bond acceptors (Lipinski definition) is 8. The lowest BCUT2D eigenvalue weighted by Crippen LogP contribution is -2.40. The summed E-state index contributed by atoms with van der Waals surface area (Å²) in [5.74, 6) is -1.91. The van der Waals surface area contributed by atoms with E-state index in [0.29, 0.717) is 19.6 Å². The molecule has 4 atom stereocenters. The Labute approximate surface area is 172 Å². The van der Waals surface area contributed by atoms with Crippen molar-refractivity contribution in [3.05, 3.63) is 23.8 Å². The molecule has 0 amide bonds. The number of nitrogens with zero attached hydrogens (tertiary/aromatic N) is 2. The van der Waals surface area contributed by atoms with Crippen LogP contribution in [0.4, 0.5) is 0 Å². The molecule has 3 aliphatic heterocycles. The lowest BCUT2D eigenvalue weighted by atomic mass is 10.1. The van der Waals surface area contributed by atoms with Crippen molar-refractivity contribution in [1.29, 1.82) is 0 Å². The Kier molecular flexibility index (Phi) is 5.46. The van der Waals surface area contributed by atoms with Gasteiger partial charge in [-0.05, 0) is 48.0 Å². The first-order valence-corrected chi connectivity index (χ1v) is 10.3. The summed E-state index contributed by atoms with van der Waals surface area (Å²) in [6.07, 6.45) is 4.27. The predicted molar refractivity (Wildman–Crippen MR) is 103 cm³/mol. The molecular weight excluding hydrogens is 376 g/mol. The second-order valence-corrected chi connectivity index (χ2v) is 9.30. The van der Waals surface area contributed by atoms with Gasteiger partial charge in [0.2, 0.25) is 0 Å². The molecule has 1 aromatic heterocycles. The standard InChI is InChI=1S/C21H32N2O6/c1-19(2)24-8-7-14(26-19)9-13-10-23-15(11-22-13)17-18(29-21(5,6)28-17)16-12-25-20(3,4)27-16/h10-11,14,16-18H,7-9,12H2,1-6H3. The van der Waals surface area contributed by atoms with Crippen molar-refractivity contribution in [1.82, 2.24) is 9.97 Å². The van der Waals surface area contributed by atoms with E-state index in [1.807, 2.05) is 41.5 Å². The fraction of sp³-hybridized carbons (Fsp3) is 0.810. The summed E-state index contributed by atoms with van der Waals surface area (Å²) in [7, 11) is 0. The predicted octanol–water partition coefficient (Wildman–Crippen LogP) is 2.90. The van der Waals surface area contributed by atoms with Crippen LogP contribution in [0, 0.1) is 0 Å². The number of rotatable bonds is 4. The SMILES string of the molecule is CC1(C)OCCC(Cc2cnc(C3OC(C)(C)OC3C3COC(C)(C)O3)cn2)O1. The van der Waals surface area contributed by atoms with Gasteiger partial charge in [0.1, 0.15) is 18.3 Å². The molecule has 0 bridgehead atoms. The molecule has 0 saturated carbocycles. The van der Waals surface area contributed by atoms with Crippen molar-refractivity contribution in [2.24, 2.45) is 0 Å². The van der Waals surface area contributed by atoms with E-state index >= 15 is 0 Å². The van der Waals surface area contributed by atoms with Gasteiger partial charge in [-0.25, -0.2) is 0 Å². The fourth-order valence-electron chi connectivity index (χ4n) is 4.09. The lowest BCUT2D eigenvalue weighted by molar-refractivity contribution is -0.272. The number of aromatic nitrogens is 2. The van der Waals surface area contributed by atoms with Gasteiger partial charge >= 0.3 is 0 Å². The minimum Gasteiger partial charge on any atom is -0.350 e. The van der Waals surface area contributed by atoms with Crippen LogP contribution >= 0.6 is 0 Å². The van der Waals surface area contributed by atoms with E-state index in [9.17, 15) is 0 Å². The van der Waals surface area contributed by atoms with Crippen molar-refractivity contribution in [3.8, 4) is 0 Å². The highest BCUT2D eigenvalue weighted by Crippen LogP contribution is 2.42. The summed E-state index contributed by atoms with van der Waals surface area (Å²) in [5, 5.41) is 0. The average Bonchev–Trinajstić information content (AvgIpc) is 3.13. The first-order valence-electron chi connectivity index (χ1n) is 10.3. The summed E-state index contributed by atoms with van der Waals surface area (Å²) in [6.45, 7) is 12.6. The Morgan fingerprint density at radius 3 is 2.24 bits per heavy atom. The molecular formula is C21H32N2O6. The van der Waals surface area contributed by atoms with E-state index in [1.165, 1.54) is 0 Å². The molecule has 29 heavy (non-hydrogen) atoms. The van der Waals surface area contributed by atoms with Crippen LogP contribution in [0.3, 0.4) is 0 Å². The topological polar surface area (TPSA) is 81.2 Å². The van der Waals surface area contributed by atoms with E-state index in [0.717, 1.165) is 17.8 Å². The number of hydrogen-bond donors (Lipinski definition) is 0. The summed E-state index contributed by atoms with van der Waals surface area (Å²) >= 11 is 0. The van der Waals surface area contributed by atoms with Gasteiger partial charge in [0.05, 0.1) is 36.9 Å². The monoisotopic (exact) mass is 408 g/mol. The molecule has 3 aliphatic rings. The highest BCUT2D eigenvalue weighted by Gasteiger charge is 2.50. The first kappa shape index (κ1) is 21.1. The second-order valence-electron chi connectivity index (χ2n) is 9.30. The third-order valence-corrected chi connectivity index (χ3v) is 5.32. The van der Waals surface area contributed by atoms with Crippen LogP contribution in [0.15, 0.2) is 12.4 Å². The molecule has 3 saturated heterocycles. The summed E-state index contributed by atoms with van der Waals surface area (Å²) in [6, 6.07) is 0. The van der Waals surface area contributed by atoms with Gasteiger partial charge in [0.25, 0.3) is 0 Å². The van der Waals surface area contributed by atoms with E-state index < -0.39 is 17.4 Å². The van der Waals surface area contributed by atoms with E-state index in [1.54, 1.807) is 12.4 Å². The summed E-state index contributed by atoms with van der Waals surface area (Å²) < 4.78 is 35.6. The molecule has 162 valence electrons. The molecule has 8 nitrogen and oxygen atoms in total. The first-order chi connectivity index (χ1) is 13.5. The largest absolute Gasteiger partial charge is 0.350 e. The fourth-order valence-corrected chi connectivity index (χ4v) is 4.09. The highest BCUT2D eigenvalue weighted by molar-refractivity contribution is 5.11. The molecule has 4 heterocycles. The maximum Gasteiger partial charge on any atom is 0.164 e. The van der Waals surface area contributed by atoms with Crippen LogP contribution in [-0.2, 0) is 34.8 Å². The quantitative estimate of drug-likeness (QED) is 0.752. The van der Waals surface area contributed by atoms with Gasteiger partial charge in [0.15, 0.2) is 17.4 Å². The molecule has 4 unspecified atom stereocenters. The molecule has 0 aliphatic carbocycles. The molecule has 0 aromatic carbocycles. The van der Waals surface area contributed by atoms with Crippen LogP contribution in [0.25, 0.3) is 0 Å². The second kappa shape index (κ2) is 7.51. The normalized spacial score (nSPS) is 35.7. The smallest absolute Gasteiger partial charge is 0.164 e. The van der Waals surface area contributed by atoms with Crippen molar-refractivity contribution in [2.75, 3.05) is 13.2 Å². The maximum absolute atomic E-state index is 6.14. The van der Waals surface area contributed by atoms with Crippen LogP contribution in [-0.4, -0.2) is 58.9 Å². The van der Waals surface area contributed by atoms with Crippen LogP contribution in [0.5, 0.6) is 0 Å². The van der Waals surface area contributed by atoms with E-state index in [4.69, 9.17) is 28.4 Å². The number of ether oxygens (including phenoxy) is 6. The Hall–Kier alpha value is -1.16. The minimum atomic E-state index is -0.729. The van der Waals surface area contributed by atoms with Gasteiger partial charge in [-0.1, -0.05) is 0 Å². The zero-order valence-electron chi connectivity index (χ0n) is 18.1. The zero-order chi connectivity index (χ0) is 20.9.